The number of benzene rings is 2. The van der Waals surface area contributed by atoms with Crippen LogP contribution in [0, 0.1) is 10.1 Å². The van der Waals surface area contributed by atoms with Crippen molar-refractivity contribution in [3.63, 3.8) is 0 Å². The van der Waals surface area contributed by atoms with Crippen molar-refractivity contribution in [1.29, 1.82) is 0 Å². The van der Waals surface area contributed by atoms with Crippen molar-refractivity contribution in [3.8, 4) is 0 Å². The molecule has 0 atom stereocenters. The van der Waals surface area contributed by atoms with E-state index in [0.717, 1.165) is 9.79 Å². The zero-order valence-electron chi connectivity index (χ0n) is 9.75. The lowest BCUT2D eigenvalue weighted by Gasteiger charge is -2.05. The molecule has 0 aliphatic carbocycles. The molecular weight excluding hydrogens is 286 g/mol. The van der Waals surface area contributed by atoms with Gasteiger partial charge in [0.1, 0.15) is 0 Å². The highest BCUT2D eigenvalue weighted by Crippen LogP contribution is 2.32. The Kier molecular flexibility index (Phi) is 4.42. The molecule has 0 aromatic heterocycles. The van der Waals surface area contributed by atoms with Gasteiger partial charge < -0.3 is 5.11 Å². The molecular formula is C13H10ClNO3S. The molecule has 0 amide bonds. The van der Waals surface area contributed by atoms with E-state index in [9.17, 15) is 10.1 Å². The van der Waals surface area contributed by atoms with Crippen LogP contribution in [0.3, 0.4) is 0 Å². The van der Waals surface area contributed by atoms with Crippen molar-refractivity contribution in [2.75, 3.05) is 0 Å². The molecule has 0 aliphatic heterocycles. The van der Waals surface area contributed by atoms with Gasteiger partial charge in [-0.05, 0) is 30.3 Å². The molecule has 0 radical (unpaired) electrons. The second kappa shape index (κ2) is 6.06. The molecule has 98 valence electrons. The van der Waals surface area contributed by atoms with E-state index in [1.807, 2.05) is 18.2 Å². The maximum Gasteiger partial charge on any atom is 0.274 e. The molecule has 0 aliphatic rings. The van der Waals surface area contributed by atoms with Crippen molar-refractivity contribution in [1.82, 2.24) is 0 Å². The molecule has 2 aromatic rings. The van der Waals surface area contributed by atoms with Gasteiger partial charge in [-0.2, -0.15) is 0 Å². The summed E-state index contributed by atoms with van der Waals surface area (Å²) in [6.45, 7) is -0.361. The van der Waals surface area contributed by atoms with E-state index in [1.165, 1.54) is 17.8 Å². The monoisotopic (exact) mass is 295 g/mol. The Morgan fingerprint density at radius 2 is 1.95 bits per heavy atom. The van der Waals surface area contributed by atoms with Crippen LogP contribution >= 0.6 is 23.4 Å². The summed E-state index contributed by atoms with van der Waals surface area (Å²) in [6, 6.07) is 12.0. The molecule has 0 spiro atoms. The summed E-state index contributed by atoms with van der Waals surface area (Å²) < 4.78 is 0. The van der Waals surface area contributed by atoms with Crippen LogP contribution in [0.4, 0.5) is 5.69 Å². The van der Waals surface area contributed by atoms with Gasteiger partial charge in [-0.15, -0.1) is 0 Å². The van der Waals surface area contributed by atoms with E-state index in [0.29, 0.717) is 10.6 Å². The number of nitro groups is 1. The maximum absolute atomic E-state index is 10.8. The number of rotatable bonds is 4. The first-order valence-electron chi connectivity index (χ1n) is 5.42. The van der Waals surface area contributed by atoms with E-state index in [-0.39, 0.29) is 12.3 Å². The van der Waals surface area contributed by atoms with Crippen molar-refractivity contribution in [2.24, 2.45) is 0 Å². The molecule has 2 rings (SSSR count). The molecule has 0 unspecified atom stereocenters. The fraction of sp³-hybridized carbons (Fsp3) is 0.0769. The highest BCUT2D eigenvalue weighted by atomic mass is 35.5. The molecule has 0 fully saturated rings. The summed E-state index contributed by atoms with van der Waals surface area (Å²) in [7, 11) is 0. The van der Waals surface area contributed by atoms with Gasteiger partial charge in [0, 0.05) is 20.9 Å². The van der Waals surface area contributed by atoms with Crippen LogP contribution in [0.25, 0.3) is 0 Å². The summed E-state index contributed by atoms with van der Waals surface area (Å²) in [5.74, 6) is 0. The Morgan fingerprint density at radius 1 is 1.21 bits per heavy atom. The fourth-order valence-corrected chi connectivity index (χ4v) is 2.79. The van der Waals surface area contributed by atoms with Crippen molar-refractivity contribution in [2.45, 2.75) is 16.4 Å². The van der Waals surface area contributed by atoms with Gasteiger partial charge >= 0.3 is 0 Å². The number of hydrogen-bond acceptors (Lipinski definition) is 4. The molecule has 6 heteroatoms. The molecule has 0 saturated carbocycles. The van der Waals surface area contributed by atoms with Gasteiger partial charge in [-0.3, -0.25) is 10.1 Å². The van der Waals surface area contributed by atoms with Crippen LogP contribution in [-0.2, 0) is 6.61 Å². The minimum atomic E-state index is -0.501. The second-order valence-corrected chi connectivity index (χ2v) is 5.35. The van der Waals surface area contributed by atoms with Gasteiger partial charge in [-0.1, -0.05) is 29.4 Å². The van der Waals surface area contributed by atoms with Crippen LogP contribution < -0.4 is 0 Å². The number of aliphatic hydroxyl groups is 1. The molecule has 1 N–H and O–H groups in total. The minimum absolute atomic E-state index is 0.0713. The van der Waals surface area contributed by atoms with Crippen molar-refractivity contribution >= 4 is 29.1 Å². The Hall–Kier alpha value is -1.56. The predicted octanol–water partition coefficient (Wildman–Crippen LogP) is 3.89. The van der Waals surface area contributed by atoms with Crippen LogP contribution in [0.15, 0.2) is 52.3 Å². The molecule has 2 aromatic carbocycles. The smallest absolute Gasteiger partial charge is 0.274 e. The molecule has 0 saturated heterocycles. The Bertz CT molecular complexity index is 619. The average molecular weight is 296 g/mol. The standard InChI is InChI=1S/C13H10ClNO3S/c14-10-2-1-3-11(7-10)19-12-4-5-13(15(17)18)9(6-12)8-16/h1-7,16H,8H2. The van der Waals surface area contributed by atoms with Crippen LogP contribution in [-0.4, -0.2) is 10.0 Å². The quantitative estimate of drug-likeness (QED) is 0.686. The highest BCUT2D eigenvalue weighted by molar-refractivity contribution is 7.99. The number of hydrogen-bond donors (Lipinski definition) is 1. The zero-order valence-corrected chi connectivity index (χ0v) is 11.3. The van der Waals surface area contributed by atoms with Gasteiger partial charge in [-0.25, -0.2) is 0 Å². The average Bonchev–Trinajstić information content (AvgIpc) is 2.38. The van der Waals surface area contributed by atoms with E-state index in [2.05, 4.69) is 0 Å². The van der Waals surface area contributed by atoms with Gasteiger partial charge in [0.25, 0.3) is 5.69 Å². The highest BCUT2D eigenvalue weighted by Gasteiger charge is 2.13. The van der Waals surface area contributed by atoms with Gasteiger partial charge in [0.2, 0.25) is 0 Å². The summed E-state index contributed by atoms with van der Waals surface area (Å²) in [5.41, 5.74) is 0.231. The number of nitro benzene ring substituents is 1. The Balaban J connectivity index is 2.29. The minimum Gasteiger partial charge on any atom is -0.391 e. The molecule has 0 heterocycles. The second-order valence-electron chi connectivity index (χ2n) is 3.77. The van der Waals surface area contributed by atoms with Gasteiger partial charge in [0.15, 0.2) is 0 Å². The normalized spacial score (nSPS) is 10.4. The van der Waals surface area contributed by atoms with Crippen LogP contribution in [0.5, 0.6) is 0 Å². The lowest BCUT2D eigenvalue weighted by molar-refractivity contribution is -0.385. The lowest BCUT2D eigenvalue weighted by Crippen LogP contribution is -1.95. The fourth-order valence-electron chi connectivity index (χ4n) is 1.60. The largest absolute Gasteiger partial charge is 0.391 e. The van der Waals surface area contributed by atoms with Crippen molar-refractivity contribution < 1.29 is 10.0 Å². The van der Waals surface area contributed by atoms with Crippen molar-refractivity contribution in [3.05, 3.63) is 63.2 Å². The maximum atomic E-state index is 10.8. The zero-order chi connectivity index (χ0) is 13.8. The number of nitrogens with zero attached hydrogens (tertiary/aromatic N) is 1. The summed E-state index contributed by atoms with van der Waals surface area (Å²) >= 11 is 7.33. The first-order chi connectivity index (χ1) is 9.10. The topological polar surface area (TPSA) is 63.4 Å². The van der Waals surface area contributed by atoms with E-state index < -0.39 is 4.92 Å². The summed E-state index contributed by atoms with van der Waals surface area (Å²) in [5, 5.41) is 20.6. The third-order valence-electron chi connectivity index (χ3n) is 2.45. The van der Waals surface area contributed by atoms with Gasteiger partial charge in [0.05, 0.1) is 17.1 Å². The molecule has 19 heavy (non-hydrogen) atoms. The summed E-state index contributed by atoms with van der Waals surface area (Å²) in [4.78, 5) is 12.0. The lowest BCUT2D eigenvalue weighted by atomic mass is 10.2. The predicted molar refractivity (Wildman–Crippen MR) is 74.6 cm³/mol. The number of halogens is 1. The first-order valence-corrected chi connectivity index (χ1v) is 6.61. The van der Waals surface area contributed by atoms with Crippen LogP contribution in [0.2, 0.25) is 5.02 Å². The van der Waals surface area contributed by atoms with E-state index in [1.54, 1.807) is 18.2 Å². The third kappa shape index (κ3) is 3.47. The Labute approximate surface area is 119 Å². The van der Waals surface area contributed by atoms with E-state index >= 15 is 0 Å². The Morgan fingerprint density at radius 3 is 2.58 bits per heavy atom. The first kappa shape index (κ1) is 13.9. The third-order valence-corrected chi connectivity index (χ3v) is 3.66. The number of aliphatic hydroxyl groups excluding tert-OH is 1. The molecule has 0 bridgehead atoms. The van der Waals surface area contributed by atoms with E-state index in [4.69, 9.17) is 16.7 Å². The molecule has 4 nitrogen and oxygen atoms in total. The SMILES string of the molecule is O=[N+]([O-])c1ccc(Sc2cccc(Cl)c2)cc1CO. The summed E-state index contributed by atoms with van der Waals surface area (Å²) in [6.07, 6.45) is 0. The van der Waals surface area contributed by atoms with Crippen LogP contribution in [0.1, 0.15) is 5.56 Å².